The van der Waals surface area contributed by atoms with Crippen LogP contribution in [-0.4, -0.2) is 0 Å². The Kier molecular flexibility index (Phi) is 2.07. The zero-order valence-corrected chi connectivity index (χ0v) is 4.22. The van der Waals surface area contributed by atoms with Crippen LogP contribution in [0.5, 0.6) is 0 Å². The van der Waals surface area contributed by atoms with E-state index >= 15 is 0 Å². The third-order valence-corrected chi connectivity index (χ3v) is 0.498. The Bertz CT molecular complexity index is 54.9. The van der Waals surface area contributed by atoms with Gasteiger partial charge in [-0.25, -0.2) is 0 Å². The van der Waals surface area contributed by atoms with Crippen molar-refractivity contribution in [3.8, 4) is 0 Å². The molecule has 0 atom stereocenters. The van der Waals surface area contributed by atoms with E-state index in [0.717, 1.165) is 0 Å². The van der Waals surface area contributed by atoms with Crippen LogP contribution >= 0.6 is 0 Å². The fourth-order valence-corrected chi connectivity index (χ4v) is 0.250. The molecule has 0 saturated heterocycles. The molecule has 0 bridgehead atoms. The van der Waals surface area contributed by atoms with Gasteiger partial charge in [-0.3, -0.25) is 0 Å². The van der Waals surface area contributed by atoms with Gasteiger partial charge in [0, 0.05) is 0 Å². The lowest BCUT2D eigenvalue weighted by atomic mass is 9.93. The summed E-state index contributed by atoms with van der Waals surface area (Å²) in [6.45, 7) is 18.8. The summed E-state index contributed by atoms with van der Waals surface area (Å²) in [5.41, 5.74) is -1.07. The van der Waals surface area contributed by atoms with Gasteiger partial charge in [0.2, 0.25) is 0 Å². The second-order valence-corrected chi connectivity index (χ2v) is 1.61. The van der Waals surface area contributed by atoms with E-state index in [0.29, 0.717) is 6.42 Å². The van der Waals surface area contributed by atoms with E-state index < -0.39 is 5.41 Å². The molecule has 0 aromatic rings. The van der Waals surface area contributed by atoms with Gasteiger partial charge in [-0.15, -0.1) is 6.58 Å². The summed E-state index contributed by atoms with van der Waals surface area (Å²) in [6, 6.07) is 0. The summed E-state index contributed by atoms with van der Waals surface area (Å²) in [5.74, 6) is 0. The van der Waals surface area contributed by atoms with Crippen LogP contribution in [0.1, 0.15) is 6.42 Å². The van der Waals surface area contributed by atoms with Crippen molar-refractivity contribution in [1.29, 1.82) is 0 Å². The van der Waals surface area contributed by atoms with Gasteiger partial charge in [0.25, 0.3) is 0 Å². The number of hydrogen-bond donors (Lipinski definition) is 0. The first-order chi connectivity index (χ1) is 3.06. The molecule has 0 N–H and O–H groups in total. The third-order valence-electron chi connectivity index (χ3n) is 0.498. The molecule has 0 spiro atoms. The van der Waals surface area contributed by atoms with Crippen LogP contribution in [-0.2, 0) is 0 Å². The molecular formula is C7H8. The Morgan fingerprint density at radius 1 is 1.43 bits per heavy atom. The van der Waals surface area contributed by atoms with Crippen molar-refractivity contribution in [3.63, 3.8) is 0 Å². The van der Waals surface area contributed by atoms with E-state index in [2.05, 4.69) is 6.58 Å². The van der Waals surface area contributed by atoms with Crippen molar-refractivity contribution in [1.82, 2.24) is 0 Å². The molecule has 0 aromatic carbocycles. The highest BCUT2D eigenvalue weighted by atomic mass is 14.1. The highest BCUT2D eigenvalue weighted by Gasteiger charge is 2.06. The zero-order chi connectivity index (χ0) is 5.91. The Labute approximate surface area is 46.2 Å². The van der Waals surface area contributed by atoms with Gasteiger partial charge in [-0.2, -0.15) is 0 Å². The Balaban J connectivity index is 3.34. The van der Waals surface area contributed by atoms with Crippen molar-refractivity contribution in [3.05, 3.63) is 33.4 Å². The second-order valence-electron chi connectivity index (χ2n) is 1.61. The lowest BCUT2D eigenvalue weighted by Gasteiger charge is -2.11. The molecule has 0 unspecified atom stereocenters. The van der Waals surface area contributed by atoms with E-state index in [4.69, 9.17) is 20.8 Å². The molecular weight excluding hydrogens is 84.1 g/mol. The molecule has 6 radical (unpaired) electrons. The van der Waals surface area contributed by atoms with Crippen molar-refractivity contribution in [2.45, 2.75) is 6.42 Å². The molecule has 0 aliphatic rings. The molecule has 0 fully saturated rings. The summed E-state index contributed by atoms with van der Waals surface area (Å²) < 4.78 is 0. The van der Waals surface area contributed by atoms with Crippen molar-refractivity contribution < 1.29 is 0 Å². The molecule has 0 rings (SSSR count). The maximum absolute atomic E-state index is 5.13. The predicted octanol–water partition coefficient (Wildman–Crippen LogP) is 1.68. The standard InChI is InChI=1S/C7H8/c1-5-6-7(2,3)4/h2-5H,1,6H2. The minimum Gasteiger partial charge on any atom is -0.103 e. The van der Waals surface area contributed by atoms with E-state index in [9.17, 15) is 0 Å². The molecule has 0 nitrogen and oxygen atoms in total. The van der Waals surface area contributed by atoms with Crippen LogP contribution in [0, 0.1) is 26.2 Å². The molecule has 36 valence electrons. The van der Waals surface area contributed by atoms with E-state index in [1.54, 1.807) is 6.08 Å². The largest absolute Gasteiger partial charge is 0.103 e. The minimum atomic E-state index is -1.07. The van der Waals surface area contributed by atoms with Gasteiger partial charge in [-0.1, -0.05) is 6.08 Å². The fraction of sp³-hybridized carbons (Fsp3) is 0.286. The van der Waals surface area contributed by atoms with E-state index in [1.807, 2.05) is 0 Å². The first kappa shape index (κ1) is 6.74. The summed E-state index contributed by atoms with van der Waals surface area (Å²) in [5, 5.41) is 0. The first-order valence-electron chi connectivity index (χ1n) is 2.04. The normalized spacial score (nSPS) is 11.3. The van der Waals surface area contributed by atoms with E-state index in [1.165, 1.54) is 0 Å². The van der Waals surface area contributed by atoms with Crippen molar-refractivity contribution in [2.75, 3.05) is 0 Å². The van der Waals surface area contributed by atoms with Crippen LogP contribution < -0.4 is 0 Å². The quantitative estimate of drug-likeness (QED) is 0.454. The lowest BCUT2D eigenvalue weighted by Crippen LogP contribution is -2.02. The number of rotatable bonds is 2. The SMILES string of the molecule is [CH]C([CH])([CH])CC=C. The molecule has 0 heteroatoms. The first-order valence-corrected chi connectivity index (χ1v) is 2.04. The van der Waals surface area contributed by atoms with Gasteiger partial charge in [0.1, 0.15) is 0 Å². The summed E-state index contributed by atoms with van der Waals surface area (Å²) >= 11 is 0. The summed E-state index contributed by atoms with van der Waals surface area (Å²) in [4.78, 5) is 0. The molecule has 0 amide bonds. The van der Waals surface area contributed by atoms with Gasteiger partial charge >= 0.3 is 0 Å². The lowest BCUT2D eigenvalue weighted by molar-refractivity contribution is 0.626. The monoisotopic (exact) mass is 92.1 g/mol. The Morgan fingerprint density at radius 2 is 1.86 bits per heavy atom. The smallest absolute Gasteiger partial charge is 0.0160 e. The van der Waals surface area contributed by atoms with Gasteiger partial charge in [0.05, 0.1) is 0 Å². The summed E-state index contributed by atoms with van der Waals surface area (Å²) in [7, 11) is 0. The average Bonchev–Trinajstić information content (AvgIpc) is 1.30. The molecule has 0 saturated carbocycles. The van der Waals surface area contributed by atoms with Crippen LogP contribution in [0.4, 0.5) is 0 Å². The number of hydrogen-bond acceptors (Lipinski definition) is 0. The summed E-state index contributed by atoms with van der Waals surface area (Å²) in [6.07, 6.45) is 2.02. The molecule has 0 aliphatic carbocycles. The predicted molar refractivity (Wildman–Crippen MR) is 30.1 cm³/mol. The highest BCUT2D eigenvalue weighted by molar-refractivity contribution is 4.92. The topological polar surface area (TPSA) is 0 Å². The Morgan fingerprint density at radius 3 is 1.86 bits per heavy atom. The number of allylic oxidation sites excluding steroid dienone is 1. The van der Waals surface area contributed by atoms with Gasteiger partial charge < -0.3 is 0 Å². The van der Waals surface area contributed by atoms with Gasteiger partial charge in [0.15, 0.2) is 0 Å². The average molecular weight is 92.1 g/mol. The molecule has 7 heavy (non-hydrogen) atoms. The minimum absolute atomic E-state index is 0.438. The van der Waals surface area contributed by atoms with Crippen molar-refractivity contribution >= 4 is 0 Å². The fourth-order valence-electron chi connectivity index (χ4n) is 0.250. The maximum Gasteiger partial charge on any atom is -0.0160 e. The van der Waals surface area contributed by atoms with Gasteiger partial charge in [-0.05, 0) is 32.6 Å². The van der Waals surface area contributed by atoms with Crippen molar-refractivity contribution in [2.24, 2.45) is 5.41 Å². The second kappa shape index (κ2) is 2.15. The molecule has 0 aromatic heterocycles. The molecule has 0 aliphatic heterocycles. The van der Waals surface area contributed by atoms with Crippen LogP contribution in [0.3, 0.4) is 0 Å². The van der Waals surface area contributed by atoms with Crippen LogP contribution in [0.15, 0.2) is 12.7 Å². The van der Waals surface area contributed by atoms with Crippen LogP contribution in [0.25, 0.3) is 0 Å². The third kappa shape index (κ3) is 5.74. The zero-order valence-electron chi connectivity index (χ0n) is 4.22. The maximum atomic E-state index is 5.13. The van der Waals surface area contributed by atoms with E-state index in [-0.39, 0.29) is 0 Å². The Hall–Kier alpha value is -0.260. The van der Waals surface area contributed by atoms with Crippen LogP contribution in [0.2, 0.25) is 0 Å². The molecule has 0 heterocycles. The highest BCUT2D eigenvalue weighted by Crippen LogP contribution is 2.15.